The number of carbonyl (C=O) groups excluding carboxylic acids is 1. The number of carbonyl (C=O) groups is 1. The van der Waals surface area contributed by atoms with E-state index in [-0.39, 0.29) is 17.5 Å². The third kappa shape index (κ3) is 2.67. The Balaban J connectivity index is 2.04. The van der Waals surface area contributed by atoms with Crippen LogP contribution in [0.2, 0.25) is 0 Å². The lowest BCUT2D eigenvalue weighted by molar-refractivity contribution is 0.0981. The summed E-state index contributed by atoms with van der Waals surface area (Å²) < 4.78 is 13.9. The Morgan fingerprint density at radius 3 is 2.71 bits per heavy atom. The van der Waals surface area contributed by atoms with Crippen LogP contribution in [0.1, 0.15) is 22.8 Å². The lowest BCUT2D eigenvalue weighted by Crippen LogP contribution is -2.40. The van der Waals surface area contributed by atoms with E-state index < -0.39 is 5.82 Å². The van der Waals surface area contributed by atoms with Crippen LogP contribution in [-0.2, 0) is 6.54 Å². The fourth-order valence-electron chi connectivity index (χ4n) is 2.62. The quantitative estimate of drug-likeness (QED) is 0.873. The van der Waals surface area contributed by atoms with Gasteiger partial charge >= 0.3 is 0 Å². The zero-order valence-corrected chi connectivity index (χ0v) is 11.8. The van der Waals surface area contributed by atoms with Gasteiger partial charge in [-0.3, -0.25) is 4.79 Å². The summed E-state index contributed by atoms with van der Waals surface area (Å²) in [4.78, 5) is 14.4. The molecule has 1 amide bonds. The van der Waals surface area contributed by atoms with Crippen LogP contribution in [-0.4, -0.2) is 18.5 Å². The standard InChI is InChI=1S/C17H17FN2O/c1-12-11-20(16-9-5-2-6-13(16)10-19-12)17(21)14-7-3-4-8-15(14)18/h2-9,12,19H,10-11H2,1H3. The Kier molecular flexibility index (Phi) is 3.71. The SMILES string of the molecule is CC1CN(C(=O)c2ccccc2F)c2ccccc2CN1. The molecule has 21 heavy (non-hydrogen) atoms. The minimum Gasteiger partial charge on any atom is -0.308 e. The lowest BCUT2D eigenvalue weighted by Gasteiger charge is -2.24. The van der Waals surface area contributed by atoms with Crippen LogP contribution in [0, 0.1) is 5.82 Å². The van der Waals surface area contributed by atoms with E-state index in [9.17, 15) is 9.18 Å². The smallest absolute Gasteiger partial charge is 0.261 e. The third-order valence-electron chi connectivity index (χ3n) is 3.73. The highest BCUT2D eigenvalue weighted by Crippen LogP contribution is 2.25. The van der Waals surface area contributed by atoms with E-state index in [1.54, 1.807) is 17.0 Å². The molecule has 0 saturated heterocycles. The number of halogens is 1. The topological polar surface area (TPSA) is 32.3 Å². The van der Waals surface area contributed by atoms with Crippen LogP contribution in [0.3, 0.4) is 0 Å². The Morgan fingerprint density at radius 1 is 1.19 bits per heavy atom. The summed E-state index contributed by atoms with van der Waals surface area (Å²) in [5.74, 6) is -0.777. The molecule has 0 bridgehead atoms. The van der Waals surface area contributed by atoms with Gasteiger partial charge in [0.15, 0.2) is 0 Å². The molecule has 1 aliphatic rings. The predicted octanol–water partition coefficient (Wildman–Crippen LogP) is 2.96. The van der Waals surface area contributed by atoms with E-state index in [0.717, 1.165) is 11.3 Å². The van der Waals surface area contributed by atoms with Crippen LogP contribution in [0.15, 0.2) is 48.5 Å². The number of para-hydroxylation sites is 1. The maximum Gasteiger partial charge on any atom is 0.261 e. The number of hydrogen-bond donors (Lipinski definition) is 1. The monoisotopic (exact) mass is 284 g/mol. The number of nitrogens with one attached hydrogen (secondary N) is 1. The first-order valence-corrected chi connectivity index (χ1v) is 7.04. The van der Waals surface area contributed by atoms with Crippen LogP contribution >= 0.6 is 0 Å². The van der Waals surface area contributed by atoms with Crippen molar-refractivity contribution in [1.82, 2.24) is 5.32 Å². The highest BCUT2D eigenvalue weighted by atomic mass is 19.1. The maximum absolute atomic E-state index is 13.9. The molecule has 108 valence electrons. The van der Waals surface area contributed by atoms with Crippen LogP contribution < -0.4 is 10.2 Å². The first-order chi connectivity index (χ1) is 10.2. The van der Waals surface area contributed by atoms with Gasteiger partial charge in [-0.2, -0.15) is 0 Å². The zero-order valence-electron chi connectivity index (χ0n) is 11.8. The molecule has 0 radical (unpaired) electrons. The summed E-state index contributed by atoms with van der Waals surface area (Å²) in [5.41, 5.74) is 2.01. The van der Waals surface area contributed by atoms with Crippen molar-refractivity contribution in [2.24, 2.45) is 0 Å². The second-order valence-electron chi connectivity index (χ2n) is 5.31. The van der Waals surface area contributed by atoms with E-state index in [0.29, 0.717) is 13.1 Å². The molecule has 2 aromatic rings. The summed E-state index contributed by atoms with van der Waals surface area (Å²) >= 11 is 0. The first-order valence-electron chi connectivity index (χ1n) is 7.04. The van der Waals surface area contributed by atoms with E-state index >= 15 is 0 Å². The van der Waals surface area contributed by atoms with Gasteiger partial charge in [-0.15, -0.1) is 0 Å². The van der Waals surface area contributed by atoms with Gasteiger partial charge in [-0.1, -0.05) is 30.3 Å². The minimum absolute atomic E-state index is 0.112. The average molecular weight is 284 g/mol. The molecule has 1 atom stereocenters. The number of nitrogens with zero attached hydrogens (tertiary/aromatic N) is 1. The largest absolute Gasteiger partial charge is 0.308 e. The predicted molar refractivity (Wildman–Crippen MR) is 80.8 cm³/mol. The van der Waals surface area contributed by atoms with Crippen molar-refractivity contribution in [3.63, 3.8) is 0 Å². The lowest BCUT2D eigenvalue weighted by atomic mass is 10.1. The Morgan fingerprint density at radius 2 is 1.90 bits per heavy atom. The van der Waals surface area contributed by atoms with Crippen molar-refractivity contribution >= 4 is 11.6 Å². The summed E-state index contributed by atoms with van der Waals surface area (Å²) in [6.07, 6.45) is 0. The van der Waals surface area contributed by atoms with Gasteiger partial charge in [0.2, 0.25) is 0 Å². The molecule has 2 aromatic carbocycles. The van der Waals surface area contributed by atoms with Gasteiger partial charge < -0.3 is 10.2 Å². The summed E-state index contributed by atoms with van der Waals surface area (Å²) in [6, 6.07) is 14.0. The van der Waals surface area contributed by atoms with Gasteiger partial charge in [0, 0.05) is 24.8 Å². The first kappa shape index (κ1) is 13.8. The molecule has 0 spiro atoms. The van der Waals surface area contributed by atoms with E-state index in [4.69, 9.17) is 0 Å². The van der Waals surface area contributed by atoms with Crippen molar-refractivity contribution < 1.29 is 9.18 Å². The van der Waals surface area contributed by atoms with Gasteiger partial charge in [-0.25, -0.2) is 4.39 Å². The second kappa shape index (κ2) is 5.66. The molecule has 0 aliphatic carbocycles. The van der Waals surface area contributed by atoms with Gasteiger partial charge in [0.05, 0.1) is 5.56 Å². The molecule has 0 saturated carbocycles. The third-order valence-corrected chi connectivity index (χ3v) is 3.73. The zero-order chi connectivity index (χ0) is 14.8. The van der Waals surface area contributed by atoms with Crippen molar-refractivity contribution in [3.05, 3.63) is 65.5 Å². The fourth-order valence-corrected chi connectivity index (χ4v) is 2.62. The molecule has 1 N–H and O–H groups in total. The Hall–Kier alpha value is -2.20. The molecule has 1 heterocycles. The number of anilines is 1. The van der Waals surface area contributed by atoms with E-state index in [2.05, 4.69) is 5.32 Å². The molecular weight excluding hydrogens is 267 g/mol. The van der Waals surface area contributed by atoms with Crippen LogP contribution in [0.5, 0.6) is 0 Å². The highest BCUT2D eigenvalue weighted by molar-refractivity contribution is 6.06. The molecule has 4 heteroatoms. The van der Waals surface area contributed by atoms with Crippen molar-refractivity contribution in [2.75, 3.05) is 11.4 Å². The molecule has 0 aromatic heterocycles. The molecule has 1 unspecified atom stereocenters. The van der Waals surface area contributed by atoms with Crippen molar-refractivity contribution in [1.29, 1.82) is 0 Å². The van der Waals surface area contributed by atoms with Gasteiger partial charge in [0.25, 0.3) is 5.91 Å². The minimum atomic E-state index is -0.482. The van der Waals surface area contributed by atoms with Crippen LogP contribution in [0.4, 0.5) is 10.1 Å². The van der Waals surface area contributed by atoms with E-state index in [1.807, 2.05) is 31.2 Å². The molecule has 0 fully saturated rings. The molecule has 3 rings (SSSR count). The highest BCUT2D eigenvalue weighted by Gasteiger charge is 2.26. The fraction of sp³-hybridized carbons (Fsp3) is 0.235. The summed E-state index contributed by atoms with van der Waals surface area (Å²) in [5, 5.41) is 3.36. The summed E-state index contributed by atoms with van der Waals surface area (Å²) in [6.45, 7) is 3.25. The maximum atomic E-state index is 13.9. The van der Waals surface area contributed by atoms with Crippen LogP contribution in [0.25, 0.3) is 0 Å². The molecule has 3 nitrogen and oxygen atoms in total. The molecular formula is C17H17FN2O. The number of rotatable bonds is 1. The average Bonchev–Trinajstić information content (AvgIpc) is 2.67. The second-order valence-corrected chi connectivity index (χ2v) is 5.31. The molecule has 1 aliphatic heterocycles. The van der Waals surface area contributed by atoms with Crippen molar-refractivity contribution in [2.45, 2.75) is 19.5 Å². The number of benzene rings is 2. The number of hydrogen-bond acceptors (Lipinski definition) is 2. The summed E-state index contributed by atoms with van der Waals surface area (Å²) in [7, 11) is 0. The number of fused-ring (bicyclic) bond motifs is 1. The van der Waals surface area contributed by atoms with Gasteiger partial charge in [-0.05, 0) is 30.7 Å². The Labute approximate surface area is 123 Å². The van der Waals surface area contributed by atoms with Crippen molar-refractivity contribution in [3.8, 4) is 0 Å². The Bertz CT molecular complexity index is 671. The van der Waals surface area contributed by atoms with Gasteiger partial charge in [0.1, 0.15) is 5.82 Å². The van der Waals surface area contributed by atoms with E-state index in [1.165, 1.54) is 12.1 Å². The number of amides is 1. The normalized spacial score (nSPS) is 18.0.